The van der Waals surface area contributed by atoms with Gasteiger partial charge in [-0.25, -0.2) is 0 Å². The molecule has 0 radical (unpaired) electrons. The molecule has 1 aliphatic carbocycles. The Bertz CT molecular complexity index is 884. The molecule has 1 heterocycles. The number of aliphatic hydroxyl groups excluding tert-OH is 3. The molecule has 1 saturated heterocycles. The molecule has 2 aliphatic rings. The summed E-state index contributed by atoms with van der Waals surface area (Å²) < 4.78 is 11.8. The molecule has 6 heteroatoms. The van der Waals surface area contributed by atoms with Crippen LogP contribution in [0.2, 0.25) is 5.02 Å². The minimum atomic E-state index is -1.05. The highest BCUT2D eigenvalue weighted by molar-refractivity contribution is 6.31. The number of hydrogen-bond donors (Lipinski definition) is 3. The molecule has 1 aliphatic heterocycles. The second kappa shape index (κ2) is 8.48. The largest absolute Gasteiger partial charge is 0.494 e. The molecular weight excluding hydrogens is 404 g/mol. The van der Waals surface area contributed by atoms with E-state index < -0.39 is 30.0 Å². The molecule has 6 atom stereocenters. The van der Waals surface area contributed by atoms with Gasteiger partial charge in [0.15, 0.2) is 0 Å². The van der Waals surface area contributed by atoms with E-state index in [4.69, 9.17) is 21.1 Å². The van der Waals surface area contributed by atoms with E-state index in [9.17, 15) is 15.3 Å². The van der Waals surface area contributed by atoms with Crippen LogP contribution >= 0.6 is 11.6 Å². The van der Waals surface area contributed by atoms with Crippen LogP contribution in [-0.2, 0) is 11.2 Å². The topological polar surface area (TPSA) is 79.2 Å². The minimum absolute atomic E-state index is 0.251. The van der Waals surface area contributed by atoms with Gasteiger partial charge in [-0.05, 0) is 68.0 Å². The van der Waals surface area contributed by atoms with E-state index in [2.05, 4.69) is 0 Å². The summed E-state index contributed by atoms with van der Waals surface area (Å²) in [5, 5.41) is 32.4. The molecule has 1 saturated carbocycles. The molecule has 0 bridgehead atoms. The summed E-state index contributed by atoms with van der Waals surface area (Å²) in [6.45, 7) is 4.26. The Kier molecular flexibility index (Phi) is 6.11. The molecule has 3 N–H and O–H groups in total. The minimum Gasteiger partial charge on any atom is -0.494 e. The molecule has 0 amide bonds. The molecule has 4 rings (SSSR count). The smallest absolute Gasteiger partial charge is 0.119 e. The van der Waals surface area contributed by atoms with Crippen molar-refractivity contribution in [3.05, 3.63) is 64.2 Å². The van der Waals surface area contributed by atoms with E-state index in [1.807, 2.05) is 43.3 Å². The standard InChI is InChI=1S/C24H29ClO5/c1-3-29-18-7-4-15(5-8-18)12-17-13-16(6-9-20(17)25)23-22(28)21(27)19-10-11-24(19,30-23)14(2)26/h4-9,13-14,19,21-23,26-28H,3,10-12H2,1-2H3. The average Bonchev–Trinajstić information content (AvgIpc) is 2.70. The second-order valence-electron chi connectivity index (χ2n) is 8.40. The Morgan fingerprint density at radius 2 is 1.90 bits per heavy atom. The zero-order valence-electron chi connectivity index (χ0n) is 17.3. The Morgan fingerprint density at radius 1 is 1.17 bits per heavy atom. The lowest BCUT2D eigenvalue weighted by Crippen LogP contribution is -2.67. The number of ether oxygens (including phenoxy) is 2. The van der Waals surface area contributed by atoms with Gasteiger partial charge < -0.3 is 24.8 Å². The normalized spacial score (nSPS) is 31.5. The molecule has 2 fully saturated rings. The lowest BCUT2D eigenvalue weighted by atomic mass is 9.60. The van der Waals surface area contributed by atoms with Gasteiger partial charge in [0.2, 0.25) is 0 Å². The predicted molar refractivity (Wildman–Crippen MR) is 115 cm³/mol. The van der Waals surface area contributed by atoms with Crippen LogP contribution in [-0.4, -0.2) is 45.8 Å². The lowest BCUT2D eigenvalue weighted by molar-refractivity contribution is -0.313. The van der Waals surface area contributed by atoms with Gasteiger partial charge in [0.1, 0.15) is 23.6 Å². The Morgan fingerprint density at radius 3 is 2.50 bits per heavy atom. The van der Waals surface area contributed by atoms with E-state index in [1.54, 1.807) is 13.0 Å². The number of halogens is 1. The molecular formula is C24H29ClO5. The third-order valence-electron chi connectivity index (χ3n) is 6.63. The van der Waals surface area contributed by atoms with E-state index >= 15 is 0 Å². The van der Waals surface area contributed by atoms with Crippen molar-refractivity contribution in [2.24, 2.45) is 5.92 Å². The van der Waals surface area contributed by atoms with Crippen molar-refractivity contribution in [1.29, 1.82) is 0 Å². The van der Waals surface area contributed by atoms with Crippen molar-refractivity contribution < 1.29 is 24.8 Å². The van der Waals surface area contributed by atoms with E-state index in [1.165, 1.54) is 0 Å². The molecule has 2 aromatic carbocycles. The predicted octanol–water partition coefficient (Wildman–Crippen LogP) is 3.65. The highest BCUT2D eigenvalue weighted by Crippen LogP contribution is 2.54. The van der Waals surface area contributed by atoms with Gasteiger partial charge in [0.05, 0.1) is 18.8 Å². The fourth-order valence-corrected chi connectivity index (χ4v) is 4.99. The third-order valence-corrected chi connectivity index (χ3v) is 7.00. The van der Waals surface area contributed by atoms with Crippen LogP contribution in [0.5, 0.6) is 5.75 Å². The zero-order valence-corrected chi connectivity index (χ0v) is 18.0. The summed E-state index contributed by atoms with van der Waals surface area (Å²) in [4.78, 5) is 0. The summed E-state index contributed by atoms with van der Waals surface area (Å²) in [6.07, 6.45) is -1.41. The third kappa shape index (κ3) is 3.74. The molecule has 162 valence electrons. The average molecular weight is 433 g/mol. The van der Waals surface area contributed by atoms with Crippen LogP contribution in [0.3, 0.4) is 0 Å². The lowest BCUT2D eigenvalue weighted by Gasteiger charge is -2.59. The second-order valence-corrected chi connectivity index (χ2v) is 8.81. The summed E-state index contributed by atoms with van der Waals surface area (Å²) >= 11 is 6.45. The van der Waals surface area contributed by atoms with Crippen molar-refractivity contribution in [2.75, 3.05) is 6.61 Å². The summed E-state index contributed by atoms with van der Waals surface area (Å²) in [6, 6.07) is 13.4. The highest BCUT2D eigenvalue weighted by Gasteiger charge is 2.61. The van der Waals surface area contributed by atoms with Crippen LogP contribution in [0, 0.1) is 5.92 Å². The van der Waals surface area contributed by atoms with Crippen molar-refractivity contribution in [2.45, 2.75) is 63.1 Å². The highest BCUT2D eigenvalue weighted by atomic mass is 35.5. The van der Waals surface area contributed by atoms with Crippen LogP contribution in [0.15, 0.2) is 42.5 Å². The number of aliphatic hydroxyl groups is 3. The van der Waals surface area contributed by atoms with E-state index in [0.717, 1.165) is 28.9 Å². The van der Waals surface area contributed by atoms with Gasteiger partial charge >= 0.3 is 0 Å². The number of rotatable bonds is 6. The molecule has 30 heavy (non-hydrogen) atoms. The van der Waals surface area contributed by atoms with Crippen LogP contribution in [0.4, 0.5) is 0 Å². The first-order valence-electron chi connectivity index (χ1n) is 10.6. The maximum absolute atomic E-state index is 10.7. The first-order chi connectivity index (χ1) is 14.4. The van der Waals surface area contributed by atoms with Gasteiger partial charge in [-0.15, -0.1) is 0 Å². The van der Waals surface area contributed by atoms with Gasteiger partial charge in [-0.1, -0.05) is 35.9 Å². The number of hydrogen-bond acceptors (Lipinski definition) is 5. The number of fused-ring (bicyclic) bond motifs is 1. The van der Waals surface area contributed by atoms with Crippen molar-refractivity contribution in [3.63, 3.8) is 0 Å². The van der Waals surface area contributed by atoms with Crippen LogP contribution in [0.25, 0.3) is 0 Å². The Balaban J connectivity index is 1.59. The fraction of sp³-hybridized carbons (Fsp3) is 0.500. The fourth-order valence-electron chi connectivity index (χ4n) is 4.80. The van der Waals surface area contributed by atoms with Crippen molar-refractivity contribution in [1.82, 2.24) is 0 Å². The van der Waals surface area contributed by atoms with Crippen molar-refractivity contribution in [3.8, 4) is 5.75 Å². The van der Waals surface area contributed by atoms with E-state index in [-0.39, 0.29) is 5.92 Å². The Labute approximate surface area is 182 Å². The molecule has 0 aromatic heterocycles. The molecule has 2 aromatic rings. The summed E-state index contributed by atoms with van der Waals surface area (Å²) in [5.74, 6) is 0.576. The summed E-state index contributed by atoms with van der Waals surface area (Å²) in [7, 11) is 0. The van der Waals surface area contributed by atoms with Gasteiger partial charge in [0, 0.05) is 10.9 Å². The SMILES string of the molecule is CCOc1ccc(Cc2cc(C3OC4(C(C)O)CCC4C(O)C3O)ccc2Cl)cc1. The Hall–Kier alpha value is -1.63. The maximum atomic E-state index is 10.7. The zero-order chi connectivity index (χ0) is 21.5. The quantitative estimate of drug-likeness (QED) is 0.649. The van der Waals surface area contributed by atoms with Gasteiger partial charge in [-0.3, -0.25) is 0 Å². The first kappa shape index (κ1) is 21.6. The maximum Gasteiger partial charge on any atom is 0.119 e. The molecule has 5 nitrogen and oxygen atoms in total. The van der Waals surface area contributed by atoms with Crippen LogP contribution < -0.4 is 4.74 Å². The van der Waals surface area contributed by atoms with Crippen LogP contribution in [0.1, 0.15) is 49.5 Å². The van der Waals surface area contributed by atoms with E-state index in [0.29, 0.717) is 24.5 Å². The monoisotopic (exact) mass is 432 g/mol. The van der Waals surface area contributed by atoms with Gasteiger partial charge in [0.25, 0.3) is 0 Å². The summed E-state index contributed by atoms with van der Waals surface area (Å²) in [5.41, 5.74) is 1.93. The van der Waals surface area contributed by atoms with Gasteiger partial charge in [-0.2, -0.15) is 0 Å². The number of benzene rings is 2. The first-order valence-corrected chi connectivity index (χ1v) is 11.0. The van der Waals surface area contributed by atoms with Crippen molar-refractivity contribution >= 4 is 11.6 Å². The molecule has 6 unspecified atom stereocenters. The molecule has 0 spiro atoms.